The second-order valence-corrected chi connectivity index (χ2v) is 10.8. The van der Waals surface area contributed by atoms with Crippen LogP contribution >= 0.6 is 7.37 Å². The maximum atomic E-state index is 12.3. The molecule has 1 aliphatic rings. The van der Waals surface area contributed by atoms with Crippen LogP contribution in [-0.4, -0.2) is 57.7 Å². The maximum absolute atomic E-state index is 12.3. The molecule has 22 heavy (non-hydrogen) atoms. The van der Waals surface area contributed by atoms with Crippen LogP contribution < -0.4 is 5.32 Å². The first-order valence-corrected chi connectivity index (χ1v) is 11.7. The number of hydrogen-bond acceptors (Lipinski definition) is 3. The van der Waals surface area contributed by atoms with E-state index in [0.29, 0.717) is 12.1 Å². The first-order chi connectivity index (χ1) is 10.2. The molecule has 1 saturated carbocycles. The van der Waals surface area contributed by atoms with Crippen molar-refractivity contribution in [2.75, 3.05) is 18.9 Å². The fraction of sp³-hybridized carbons (Fsp3) is 0.933. The van der Waals surface area contributed by atoms with Gasteiger partial charge in [-0.2, -0.15) is 0 Å². The predicted octanol–water partition coefficient (Wildman–Crippen LogP) is 1.39. The molecule has 2 unspecified atom stereocenters. The van der Waals surface area contributed by atoms with Gasteiger partial charge in [0.1, 0.15) is 0 Å². The van der Waals surface area contributed by atoms with Gasteiger partial charge >= 0.3 is 142 Å². The van der Waals surface area contributed by atoms with Crippen LogP contribution in [0.2, 0.25) is 4.71 Å². The van der Waals surface area contributed by atoms with Gasteiger partial charge in [0, 0.05) is 0 Å². The summed E-state index contributed by atoms with van der Waals surface area (Å²) in [6.07, 6.45) is 4.77. The molecule has 7 heteroatoms. The Morgan fingerprint density at radius 2 is 1.91 bits per heavy atom. The van der Waals surface area contributed by atoms with Gasteiger partial charge in [-0.05, 0) is 0 Å². The van der Waals surface area contributed by atoms with Crippen molar-refractivity contribution in [3.8, 4) is 0 Å². The van der Waals surface area contributed by atoms with E-state index in [1.807, 2.05) is 13.8 Å². The molecule has 0 bridgehead atoms. The van der Waals surface area contributed by atoms with E-state index in [2.05, 4.69) is 5.32 Å². The van der Waals surface area contributed by atoms with Crippen molar-refractivity contribution in [3.05, 3.63) is 0 Å². The third-order valence-electron chi connectivity index (χ3n) is 4.30. The Labute approximate surface area is 142 Å². The van der Waals surface area contributed by atoms with E-state index in [0.717, 1.165) is 25.7 Å². The number of carbonyl (C=O) groups is 1. The zero-order valence-electron chi connectivity index (χ0n) is 13.7. The van der Waals surface area contributed by atoms with Crippen molar-refractivity contribution in [2.24, 2.45) is 11.8 Å². The Balaban J connectivity index is 2.34. The topological polar surface area (TPSA) is 86.6 Å². The predicted molar refractivity (Wildman–Crippen MR) is 92.3 cm³/mol. The van der Waals surface area contributed by atoms with E-state index < -0.39 is 13.5 Å². The molecule has 4 atom stereocenters. The van der Waals surface area contributed by atoms with E-state index in [9.17, 15) is 19.4 Å². The first-order valence-electron chi connectivity index (χ1n) is 8.23. The van der Waals surface area contributed by atoms with Gasteiger partial charge in [0.2, 0.25) is 0 Å². The summed E-state index contributed by atoms with van der Waals surface area (Å²) in [5.74, 6) is 0.483. The minimum absolute atomic E-state index is 0.0567. The zero-order chi connectivity index (χ0) is 16.8. The van der Waals surface area contributed by atoms with Crippen LogP contribution in [-0.2, 0) is 9.36 Å². The molecule has 5 nitrogen and oxygen atoms in total. The third-order valence-corrected chi connectivity index (χ3v) is 8.63. The number of hydrogen-bond donors (Lipinski definition) is 3. The van der Waals surface area contributed by atoms with Gasteiger partial charge in [0.05, 0.1) is 0 Å². The molecule has 0 aromatic rings. The Morgan fingerprint density at radius 3 is 2.45 bits per heavy atom. The second-order valence-electron chi connectivity index (χ2n) is 6.88. The van der Waals surface area contributed by atoms with Crippen molar-refractivity contribution < 1.29 is 19.4 Å². The van der Waals surface area contributed by atoms with Crippen LogP contribution in [0.4, 0.5) is 0 Å². The van der Waals surface area contributed by atoms with Gasteiger partial charge in [0.15, 0.2) is 0 Å². The first kappa shape index (κ1) is 20.2. The van der Waals surface area contributed by atoms with Gasteiger partial charge in [-0.3, -0.25) is 0 Å². The number of amides is 1. The van der Waals surface area contributed by atoms with Gasteiger partial charge in [0.25, 0.3) is 0 Å². The molecular weight excluding hydrogens is 364 g/mol. The van der Waals surface area contributed by atoms with Crippen LogP contribution in [0.1, 0.15) is 46.0 Å². The average molecular weight is 395 g/mol. The molecule has 0 aliphatic heterocycles. The van der Waals surface area contributed by atoms with Gasteiger partial charge in [-0.25, -0.2) is 0 Å². The average Bonchev–Trinajstić information content (AvgIpc) is 2.43. The molecule has 3 N–H and O–H groups in total. The van der Waals surface area contributed by atoms with Crippen LogP contribution in [0.15, 0.2) is 0 Å². The summed E-state index contributed by atoms with van der Waals surface area (Å²) in [6, 6.07) is 0. The Bertz CT molecular complexity index is 399. The Kier molecular flexibility index (Phi) is 8.70. The molecule has 0 aromatic carbocycles. The fourth-order valence-corrected chi connectivity index (χ4v) is 5.24. The molecule has 0 saturated heterocycles. The fourth-order valence-electron chi connectivity index (χ4n) is 2.88. The molecule has 1 amide bonds. The summed E-state index contributed by atoms with van der Waals surface area (Å²) >= 11 is 1.36. The van der Waals surface area contributed by atoms with Gasteiger partial charge in [-0.1, -0.05) is 0 Å². The normalized spacial score (nSPS) is 22.1. The van der Waals surface area contributed by atoms with Crippen molar-refractivity contribution in [1.82, 2.24) is 5.32 Å². The summed E-state index contributed by atoms with van der Waals surface area (Å²) in [6.45, 7) is 4.02. The molecule has 1 fully saturated rings. The summed E-state index contributed by atoms with van der Waals surface area (Å²) in [7, 11) is -3.32. The van der Waals surface area contributed by atoms with Crippen molar-refractivity contribution in [2.45, 2.75) is 56.8 Å². The quantitative estimate of drug-likeness (QED) is 0.428. The molecule has 0 aromatic heterocycles. The van der Waals surface area contributed by atoms with E-state index >= 15 is 0 Å². The number of nitrogens with one attached hydrogen (secondary N) is 1. The van der Waals surface area contributed by atoms with Crippen molar-refractivity contribution >= 4 is 30.1 Å². The number of rotatable bonds is 8. The van der Waals surface area contributed by atoms with Gasteiger partial charge < -0.3 is 0 Å². The Morgan fingerprint density at radius 1 is 1.32 bits per heavy atom. The summed E-state index contributed by atoms with van der Waals surface area (Å²) < 4.78 is 12.2. The molecule has 130 valence electrons. The molecular formula is C15H31AsNO4P. The van der Waals surface area contributed by atoms with E-state index in [4.69, 9.17) is 0 Å². The second kappa shape index (κ2) is 9.47. The summed E-state index contributed by atoms with van der Waals surface area (Å²) in [5, 5.41) is 12.6. The third kappa shape index (κ3) is 7.63. The molecule has 1 rings (SSSR count). The summed E-state index contributed by atoms with van der Waals surface area (Å²) in [4.78, 5) is 21.9. The van der Waals surface area contributed by atoms with Crippen molar-refractivity contribution in [3.63, 3.8) is 0 Å². The zero-order valence-corrected chi connectivity index (χ0v) is 17.0. The number of aliphatic hydroxyl groups is 1. The van der Waals surface area contributed by atoms with Crippen LogP contribution in [0, 0.1) is 11.8 Å². The van der Waals surface area contributed by atoms with E-state index in [1.165, 1.54) is 23.3 Å². The minimum atomic E-state index is -3.32. The van der Waals surface area contributed by atoms with Crippen LogP contribution in [0.5, 0.6) is 0 Å². The SMILES string of the molecule is CC(C)[C@@H]([AsH2])C(=O)NC[C@@H](O)CP(=O)(O)CC1CCCCC1. The standard InChI is InChI=1S/C15H31AsNO4P/c1-11(2)14(16)15(19)17-8-13(18)10-22(20,21)9-12-6-4-3-5-7-12/h11-14,18H,3-10,16H2,1-2H3,(H,17,19)(H,20,21)/t13-,14-/m1/s1. The monoisotopic (exact) mass is 395 g/mol. The van der Waals surface area contributed by atoms with Gasteiger partial charge in [-0.15, -0.1) is 0 Å². The summed E-state index contributed by atoms with van der Waals surface area (Å²) in [5.41, 5.74) is 0. The van der Waals surface area contributed by atoms with Crippen LogP contribution in [0.3, 0.4) is 0 Å². The molecule has 0 heterocycles. The van der Waals surface area contributed by atoms with Crippen molar-refractivity contribution in [1.29, 1.82) is 0 Å². The molecule has 0 radical (unpaired) electrons. The Hall–Kier alpha value is 0.178. The van der Waals surface area contributed by atoms with E-state index in [-0.39, 0.29) is 29.2 Å². The number of carbonyl (C=O) groups excluding carboxylic acids is 1. The number of aliphatic hydroxyl groups excluding tert-OH is 1. The molecule has 1 aliphatic carbocycles. The van der Waals surface area contributed by atoms with Crippen LogP contribution in [0.25, 0.3) is 0 Å². The molecule has 0 spiro atoms. The van der Waals surface area contributed by atoms with E-state index in [1.54, 1.807) is 0 Å².